The van der Waals surface area contributed by atoms with Gasteiger partial charge in [-0.2, -0.15) is 0 Å². The minimum atomic E-state index is -4.63. The molecule has 0 aliphatic rings. The van der Waals surface area contributed by atoms with Crippen LogP contribution in [0.1, 0.15) is 251 Å². The van der Waals surface area contributed by atoms with E-state index >= 15 is 0 Å². The molecule has 0 heterocycles. The zero-order chi connectivity index (χ0) is 35.1. The molecule has 0 aromatic carbocycles. The van der Waals surface area contributed by atoms with Gasteiger partial charge in [-0.15, -0.1) is 0 Å². The van der Waals surface area contributed by atoms with Crippen molar-refractivity contribution in [2.45, 2.75) is 251 Å². The van der Waals surface area contributed by atoms with Gasteiger partial charge in [0.15, 0.2) is 0 Å². The van der Waals surface area contributed by atoms with E-state index in [9.17, 15) is 13.0 Å². The molecule has 0 bridgehead atoms. The Bertz CT molecular complexity index is 742. The van der Waals surface area contributed by atoms with Crippen LogP contribution in [0, 0.1) is 5.92 Å². The largest absolute Gasteiger partial charge is 1.00 e. The second-order valence-corrected chi connectivity index (χ2v) is 16.2. The van der Waals surface area contributed by atoms with Gasteiger partial charge in [0, 0.05) is 5.92 Å². The smallest absolute Gasteiger partial charge is 0.726 e. The minimum Gasteiger partial charge on any atom is -0.726 e. The Morgan fingerprint density at radius 1 is 0.449 bits per heavy atom. The van der Waals surface area contributed by atoms with Crippen molar-refractivity contribution in [1.82, 2.24) is 0 Å². The van der Waals surface area contributed by atoms with E-state index in [0.29, 0.717) is 0 Å². The van der Waals surface area contributed by atoms with E-state index in [1.54, 1.807) is 0 Å². The van der Waals surface area contributed by atoms with E-state index in [2.05, 4.69) is 30.2 Å². The molecule has 0 radical (unpaired) electrons. The third kappa shape index (κ3) is 46.6. The van der Waals surface area contributed by atoms with Gasteiger partial charge in [0.05, 0.1) is 6.61 Å². The monoisotopic (exact) mass is 721 g/mol. The third-order valence-corrected chi connectivity index (χ3v) is 10.7. The summed E-state index contributed by atoms with van der Waals surface area (Å²) in [7, 11) is -4.63. The van der Waals surface area contributed by atoms with E-state index in [-0.39, 0.29) is 42.1 Å². The van der Waals surface area contributed by atoms with Crippen LogP contribution in [0.2, 0.25) is 0 Å². The Morgan fingerprint density at radius 2 is 0.714 bits per heavy atom. The van der Waals surface area contributed by atoms with Gasteiger partial charge in [0.1, 0.15) is 0 Å². The topological polar surface area (TPSA) is 66.4 Å². The van der Waals surface area contributed by atoms with Crippen LogP contribution in [0.3, 0.4) is 0 Å². The number of hydrogen-bond donors (Lipinski definition) is 0. The van der Waals surface area contributed by atoms with E-state index in [1.807, 2.05) is 0 Å². The fourth-order valence-electron chi connectivity index (χ4n) is 6.99. The van der Waals surface area contributed by atoms with Crippen LogP contribution in [-0.2, 0) is 14.6 Å². The molecule has 288 valence electrons. The molecular formula is C43H85NaO4S. The molecule has 0 aromatic heterocycles. The molecule has 0 aliphatic heterocycles. The molecule has 0 N–H and O–H groups in total. The van der Waals surface area contributed by atoms with E-state index in [1.165, 1.54) is 218 Å². The quantitative estimate of drug-likeness (QED) is 0.0207. The van der Waals surface area contributed by atoms with Crippen LogP contribution < -0.4 is 29.6 Å². The van der Waals surface area contributed by atoms with Gasteiger partial charge in [-0.1, -0.05) is 244 Å². The molecule has 1 atom stereocenters. The van der Waals surface area contributed by atoms with Gasteiger partial charge in [-0.05, 0) is 19.3 Å². The van der Waals surface area contributed by atoms with Gasteiger partial charge in [0.2, 0.25) is 10.4 Å². The molecule has 0 saturated carbocycles. The van der Waals surface area contributed by atoms with Gasteiger partial charge in [-0.3, -0.25) is 4.18 Å². The van der Waals surface area contributed by atoms with Crippen molar-refractivity contribution in [2.24, 2.45) is 5.92 Å². The van der Waals surface area contributed by atoms with Crippen molar-refractivity contribution in [2.75, 3.05) is 6.61 Å². The minimum absolute atomic E-state index is 0. The molecule has 0 fully saturated rings. The molecule has 6 heteroatoms. The van der Waals surface area contributed by atoms with E-state index in [4.69, 9.17) is 0 Å². The first kappa shape index (κ1) is 51.7. The average molecular weight is 721 g/mol. The summed E-state index contributed by atoms with van der Waals surface area (Å²) < 4.78 is 37.7. The first-order valence-electron chi connectivity index (χ1n) is 21.8. The van der Waals surface area contributed by atoms with Crippen molar-refractivity contribution >= 4 is 10.4 Å². The van der Waals surface area contributed by atoms with Crippen LogP contribution >= 0.6 is 0 Å². The summed E-state index contributed by atoms with van der Waals surface area (Å²) >= 11 is 0. The second-order valence-electron chi connectivity index (χ2n) is 15.1. The summed E-state index contributed by atoms with van der Waals surface area (Å²) in [6.07, 6.45) is 54.1. The Labute approximate surface area is 331 Å². The molecule has 49 heavy (non-hydrogen) atoms. The van der Waals surface area contributed by atoms with Crippen molar-refractivity contribution in [3.8, 4) is 0 Å². The van der Waals surface area contributed by atoms with Crippen LogP contribution in [0.5, 0.6) is 0 Å². The van der Waals surface area contributed by atoms with Crippen molar-refractivity contribution in [3.05, 3.63) is 12.2 Å². The molecule has 0 rings (SSSR count). The molecule has 1 unspecified atom stereocenters. The maximum atomic E-state index is 11.0. The van der Waals surface area contributed by atoms with Gasteiger partial charge >= 0.3 is 29.6 Å². The Hall–Kier alpha value is 0.610. The normalized spacial score (nSPS) is 12.6. The van der Waals surface area contributed by atoms with Gasteiger partial charge in [0.25, 0.3) is 0 Å². The summed E-state index contributed by atoms with van der Waals surface area (Å²) in [5, 5.41) is 0. The van der Waals surface area contributed by atoms with Crippen LogP contribution in [0.4, 0.5) is 0 Å². The number of rotatable bonds is 41. The molecular weight excluding hydrogens is 636 g/mol. The summed E-state index contributed by atoms with van der Waals surface area (Å²) in [5.74, 6) is 0.0145. The maximum absolute atomic E-state index is 11.0. The number of allylic oxidation sites excluding steroid dienone is 1. The predicted molar refractivity (Wildman–Crippen MR) is 210 cm³/mol. The first-order chi connectivity index (χ1) is 23.5. The summed E-state index contributed by atoms with van der Waals surface area (Å²) in [6.45, 7) is 4.56. The maximum Gasteiger partial charge on any atom is 1.00 e. The first-order valence-corrected chi connectivity index (χ1v) is 23.1. The van der Waals surface area contributed by atoms with E-state index in [0.717, 1.165) is 19.3 Å². The Morgan fingerprint density at radius 3 is 1.00 bits per heavy atom. The molecule has 0 spiro atoms. The van der Waals surface area contributed by atoms with Gasteiger partial charge in [-0.25, -0.2) is 8.42 Å². The van der Waals surface area contributed by atoms with Gasteiger partial charge < -0.3 is 4.55 Å². The molecule has 0 amide bonds. The molecule has 0 aliphatic carbocycles. The summed E-state index contributed by atoms with van der Waals surface area (Å²) in [6, 6.07) is 0. The third-order valence-electron chi connectivity index (χ3n) is 10.2. The standard InChI is InChI=1S/C43H86O4S.Na/c1-3-5-7-9-11-13-15-17-19-21-22-23-25-27-29-31-33-35-37-39-41-43(42-47-48(44,45)46)40-38-36-34-32-30-28-26-24-20-18-16-14-12-10-8-6-4-2;/h39,41,43H,3-38,40,42H2,1-2H3,(H,44,45,46);/q;+1/p-1/b41-39+;. The molecule has 0 saturated heterocycles. The van der Waals surface area contributed by atoms with Crippen LogP contribution in [0.25, 0.3) is 0 Å². The van der Waals surface area contributed by atoms with Crippen molar-refractivity contribution < 1.29 is 46.7 Å². The van der Waals surface area contributed by atoms with Crippen molar-refractivity contribution in [3.63, 3.8) is 0 Å². The average Bonchev–Trinajstić information content (AvgIpc) is 3.06. The SMILES string of the molecule is CCCCCCCCCCCCCCCCCCCC/C=C/C(CCCCCCCCCCCCCCCCCCC)COS(=O)(=O)[O-].[Na+]. The summed E-state index contributed by atoms with van der Waals surface area (Å²) in [5.41, 5.74) is 0. The Kier molecular flexibility index (Phi) is 45.4. The fraction of sp³-hybridized carbons (Fsp3) is 0.953. The number of hydrogen-bond acceptors (Lipinski definition) is 4. The predicted octanol–water partition coefficient (Wildman–Crippen LogP) is 12.1. The van der Waals surface area contributed by atoms with E-state index < -0.39 is 10.4 Å². The number of unbranched alkanes of at least 4 members (excludes halogenated alkanes) is 34. The Balaban J connectivity index is 0. The van der Waals surface area contributed by atoms with Crippen molar-refractivity contribution in [1.29, 1.82) is 0 Å². The van der Waals surface area contributed by atoms with Crippen LogP contribution in [0.15, 0.2) is 12.2 Å². The molecule has 4 nitrogen and oxygen atoms in total. The molecule has 0 aromatic rings. The second kappa shape index (κ2) is 43.0. The van der Waals surface area contributed by atoms with Crippen LogP contribution in [-0.4, -0.2) is 19.6 Å². The summed E-state index contributed by atoms with van der Waals surface area (Å²) in [4.78, 5) is 0. The zero-order valence-electron chi connectivity index (χ0n) is 33.6. The zero-order valence-corrected chi connectivity index (χ0v) is 36.5. The fourth-order valence-corrected chi connectivity index (χ4v) is 7.33.